The van der Waals surface area contributed by atoms with Gasteiger partial charge in [-0.1, -0.05) is 59.6 Å². The minimum absolute atomic E-state index is 0.330. The molecule has 0 fully saturated rings. The van der Waals surface area contributed by atoms with Gasteiger partial charge in [-0.3, -0.25) is 4.79 Å². The van der Waals surface area contributed by atoms with Crippen LogP contribution in [-0.2, 0) is 14.3 Å². The van der Waals surface area contributed by atoms with Gasteiger partial charge in [-0.2, -0.15) is 0 Å². The van der Waals surface area contributed by atoms with Gasteiger partial charge in [0.2, 0.25) is 6.10 Å². The number of nitrogens with zero attached hydrogens (tertiary/aromatic N) is 1. The van der Waals surface area contributed by atoms with Crippen molar-refractivity contribution in [2.75, 3.05) is 14.1 Å². The fourth-order valence-corrected chi connectivity index (χ4v) is 2.62. The molecule has 2 aromatic carbocycles. The Bertz CT molecular complexity index is 768. The highest BCUT2D eigenvalue weighted by Crippen LogP contribution is 2.26. The summed E-state index contributed by atoms with van der Waals surface area (Å²) >= 11 is 12.1. The van der Waals surface area contributed by atoms with Crippen molar-refractivity contribution in [3.05, 3.63) is 75.8 Å². The summed E-state index contributed by atoms with van der Waals surface area (Å²) in [6, 6.07) is 13.9. The van der Waals surface area contributed by atoms with E-state index in [0.29, 0.717) is 21.2 Å². The monoisotopic (exact) mass is 377 g/mol. The molecule has 4 nitrogen and oxygen atoms in total. The quantitative estimate of drug-likeness (QED) is 0.573. The highest BCUT2D eigenvalue weighted by Gasteiger charge is 2.25. The van der Waals surface area contributed by atoms with E-state index in [9.17, 15) is 9.59 Å². The van der Waals surface area contributed by atoms with Crippen LogP contribution in [0.1, 0.15) is 17.2 Å². The van der Waals surface area contributed by atoms with E-state index in [2.05, 4.69) is 0 Å². The van der Waals surface area contributed by atoms with Crippen LogP contribution in [0.3, 0.4) is 0 Å². The van der Waals surface area contributed by atoms with E-state index in [-0.39, 0.29) is 5.91 Å². The van der Waals surface area contributed by atoms with Gasteiger partial charge < -0.3 is 9.64 Å². The van der Waals surface area contributed by atoms with Crippen LogP contribution in [0.25, 0.3) is 6.08 Å². The van der Waals surface area contributed by atoms with Gasteiger partial charge in [0.05, 0.1) is 0 Å². The van der Waals surface area contributed by atoms with Crippen molar-refractivity contribution in [2.24, 2.45) is 0 Å². The predicted octanol–water partition coefficient (Wildman–Crippen LogP) is 4.38. The molecule has 0 saturated heterocycles. The van der Waals surface area contributed by atoms with Crippen LogP contribution in [0, 0.1) is 0 Å². The van der Waals surface area contributed by atoms with E-state index in [1.807, 2.05) is 6.07 Å². The number of likely N-dealkylation sites (N-methyl/N-ethyl adjacent to an activating group) is 1. The fraction of sp³-hybridized carbons (Fsp3) is 0.158. The van der Waals surface area contributed by atoms with E-state index in [0.717, 1.165) is 0 Å². The average molecular weight is 378 g/mol. The van der Waals surface area contributed by atoms with Crippen molar-refractivity contribution in [1.29, 1.82) is 0 Å². The Hall–Kier alpha value is -2.30. The Kier molecular flexibility index (Phi) is 6.62. The van der Waals surface area contributed by atoms with Crippen molar-refractivity contribution in [2.45, 2.75) is 6.10 Å². The molecule has 0 unspecified atom stereocenters. The van der Waals surface area contributed by atoms with Crippen LogP contribution >= 0.6 is 23.2 Å². The number of hydrogen-bond donors (Lipinski definition) is 0. The molecule has 0 bridgehead atoms. The highest BCUT2D eigenvalue weighted by molar-refractivity contribution is 6.37. The van der Waals surface area contributed by atoms with Gasteiger partial charge in [-0.25, -0.2) is 4.79 Å². The lowest BCUT2D eigenvalue weighted by molar-refractivity contribution is -0.155. The number of carbonyl (C=O) groups excluding carboxylic acids is 2. The smallest absolute Gasteiger partial charge is 0.331 e. The van der Waals surface area contributed by atoms with Gasteiger partial charge in [0.1, 0.15) is 0 Å². The Labute approximate surface area is 156 Å². The zero-order valence-electron chi connectivity index (χ0n) is 13.8. The van der Waals surface area contributed by atoms with Gasteiger partial charge in [0.15, 0.2) is 0 Å². The predicted molar refractivity (Wildman–Crippen MR) is 99.5 cm³/mol. The first-order chi connectivity index (χ1) is 11.9. The molecule has 0 aliphatic rings. The molecule has 0 heterocycles. The van der Waals surface area contributed by atoms with Gasteiger partial charge >= 0.3 is 5.97 Å². The lowest BCUT2D eigenvalue weighted by Crippen LogP contribution is -2.30. The third kappa shape index (κ3) is 5.08. The number of rotatable bonds is 5. The molecule has 0 aromatic heterocycles. The Morgan fingerprint density at radius 3 is 2.16 bits per heavy atom. The second kappa shape index (κ2) is 8.70. The number of benzene rings is 2. The van der Waals surface area contributed by atoms with E-state index in [4.69, 9.17) is 27.9 Å². The van der Waals surface area contributed by atoms with Gasteiger partial charge in [-0.15, -0.1) is 0 Å². The third-order valence-corrected chi connectivity index (χ3v) is 4.05. The molecule has 0 aliphatic carbocycles. The molecule has 2 aromatic rings. The molecule has 0 N–H and O–H groups in total. The van der Waals surface area contributed by atoms with Crippen LogP contribution in [-0.4, -0.2) is 30.9 Å². The van der Waals surface area contributed by atoms with Crippen molar-refractivity contribution in [3.63, 3.8) is 0 Å². The standard InChI is InChI=1S/C19H17Cl2NO3/c1-22(2)19(24)18(13-7-4-3-5-8-13)25-17(23)12-11-14-15(20)9-6-10-16(14)21/h3-12,18H,1-2H3/b12-11+/t18-/m1/s1. The van der Waals surface area contributed by atoms with Crippen molar-refractivity contribution in [3.8, 4) is 0 Å². The Balaban J connectivity index is 2.20. The minimum atomic E-state index is -1.02. The van der Waals surface area contributed by atoms with Crippen LogP contribution in [0.5, 0.6) is 0 Å². The normalized spacial score (nSPS) is 12.0. The first-order valence-corrected chi connectivity index (χ1v) is 8.24. The Morgan fingerprint density at radius 2 is 1.60 bits per heavy atom. The second-order valence-corrected chi connectivity index (χ2v) is 6.24. The second-order valence-electron chi connectivity index (χ2n) is 5.43. The maximum Gasteiger partial charge on any atom is 0.331 e. The molecule has 0 aliphatic heterocycles. The van der Waals surface area contributed by atoms with Crippen molar-refractivity contribution >= 4 is 41.2 Å². The first kappa shape index (κ1) is 19.0. The number of ether oxygens (including phenoxy) is 1. The zero-order valence-corrected chi connectivity index (χ0v) is 15.3. The van der Waals surface area contributed by atoms with Crippen LogP contribution < -0.4 is 0 Å². The molecule has 0 saturated carbocycles. The summed E-state index contributed by atoms with van der Waals surface area (Å²) in [5.74, 6) is -0.997. The van der Waals surface area contributed by atoms with E-state index in [1.54, 1.807) is 56.6 Å². The number of halogens is 2. The Morgan fingerprint density at radius 1 is 1.00 bits per heavy atom. The lowest BCUT2D eigenvalue weighted by Gasteiger charge is -2.20. The van der Waals surface area contributed by atoms with Crippen LogP contribution in [0.2, 0.25) is 10.0 Å². The molecule has 6 heteroatoms. The molecule has 0 radical (unpaired) electrons. The van der Waals surface area contributed by atoms with Crippen molar-refractivity contribution in [1.82, 2.24) is 4.90 Å². The molecule has 25 heavy (non-hydrogen) atoms. The maximum atomic E-state index is 12.3. The lowest BCUT2D eigenvalue weighted by atomic mass is 10.1. The molecule has 130 valence electrons. The summed E-state index contributed by atoms with van der Waals surface area (Å²) < 4.78 is 5.36. The molecule has 2 rings (SSSR count). The number of amides is 1. The highest BCUT2D eigenvalue weighted by atomic mass is 35.5. The summed E-state index contributed by atoms with van der Waals surface area (Å²) in [5, 5.41) is 0.834. The van der Waals surface area contributed by atoms with E-state index in [1.165, 1.54) is 17.1 Å². The van der Waals surface area contributed by atoms with Crippen LogP contribution in [0.15, 0.2) is 54.6 Å². The molecule has 1 amide bonds. The maximum absolute atomic E-state index is 12.3. The summed E-state index contributed by atoms with van der Waals surface area (Å²) in [6.45, 7) is 0. The molecule has 0 spiro atoms. The topological polar surface area (TPSA) is 46.6 Å². The largest absolute Gasteiger partial charge is 0.444 e. The summed E-state index contributed by atoms with van der Waals surface area (Å²) in [5.41, 5.74) is 1.11. The summed E-state index contributed by atoms with van der Waals surface area (Å²) in [7, 11) is 3.21. The van der Waals surface area contributed by atoms with Gasteiger partial charge in [-0.05, 0) is 18.2 Å². The first-order valence-electron chi connectivity index (χ1n) is 7.49. The minimum Gasteiger partial charge on any atom is -0.444 e. The average Bonchev–Trinajstić information content (AvgIpc) is 2.59. The molecular weight excluding hydrogens is 361 g/mol. The number of carbonyl (C=O) groups is 2. The zero-order chi connectivity index (χ0) is 18.4. The SMILES string of the molecule is CN(C)C(=O)[C@H](OC(=O)/C=C/c1c(Cl)cccc1Cl)c1ccccc1. The number of esters is 1. The number of hydrogen-bond acceptors (Lipinski definition) is 3. The molecule has 1 atom stereocenters. The summed E-state index contributed by atoms with van der Waals surface area (Å²) in [4.78, 5) is 25.9. The molecular formula is C19H17Cl2NO3. The third-order valence-electron chi connectivity index (χ3n) is 3.39. The van der Waals surface area contributed by atoms with E-state index >= 15 is 0 Å². The fourth-order valence-electron chi connectivity index (χ4n) is 2.10. The van der Waals surface area contributed by atoms with E-state index < -0.39 is 12.1 Å². The van der Waals surface area contributed by atoms with Gasteiger partial charge in [0, 0.05) is 41.3 Å². The van der Waals surface area contributed by atoms with Crippen LogP contribution in [0.4, 0.5) is 0 Å². The van der Waals surface area contributed by atoms with Crippen molar-refractivity contribution < 1.29 is 14.3 Å². The summed E-state index contributed by atoms with van der Waals surface area (Å²) in [6.07, 6.45) is 1.65. The van der Waals surface area contributed by atoms with Gasteiger partial charge in [0.25, 0.3) is 5.91 Å².